The molecule has 1 fully saturated rings. The van der Waals surface area contributed by atoms with Gasteiger partial charge in [0.2, 0.25) is 0 Å². The van der Waals surface area contributed by atoms with E-state index < -0.39 is 26.2 Å². The molecule has 0 amide bonds. The Labute approximate surface area is 170 Å². The van der Waals surface area contributed by atoms with Crippen molar-refractivity contribution in [3.63, 3.8) is 0 Å². The number of carboxylic acid groups (broad SMARTS) is 1. The van der Waals surface area contributed by atoms with Crippen molar-refractivity contribution in [2.75, 3.05) is 0 Å². The topological polar surface area (TPSA) is 146 Å². The number of carbonyl (C=O) groups is 1. The first-order valence-corrected chi connectivity index (χ1v) is 11.9. The Morgan fingerprint density at radius 2 is 1.10 bits per heavy atom. The maximum absolute atomic E-state index is 10.4. The molecule has 0 heterocycles. The zero-order valence-electron chi connectivity index (χ0n) is 15.6. The third-order valence-electron chi connectivity index (χ3n) is 3.84. The maximum Gasteiger partial charge on any atom is 0.306 e. The predicted octanol–water partition coefficient (Wildman–Crippen LogP) is 3.02. The van der Waals surface area contributed by atoms with Gasteiger partial charge < -0.3 is 5.11 Å². The number of hydrogen-bond acceptors (Lipinski definition) is 5. The molecule has 2 aromatic carbocycles. The predicted molar refractivity (Wildman–Crippen MR) is 108 cm³/mol. The highest BCUT2D eigenvalue weighted by molar-refractivity contribution is 7.85. The van der Waals surface area contributed by atoms with Crippen LogP contribution in [0, 0.1) is 5.92 Å². The normalized spacial score (nSPS) is 13.7. The minimum absolute atomic E-state index is 0.000000000000000444. The average Bonchev–Trinajstić information content (AvgIpc) is 2.52. The van der Waals surface area contributed by atoms with Crippen LogP contribution in [-0.4, -0.2) is 37.0 Å². The van der Waals surface area contributed by atoms with Gasteiger partial charge in [-0.3, -0.25) is 13.9 Å². The largest absolute Gasteiger partial charge is 0.481 e. The van der Waals surface area contributed by atoms with Gasteiger partial charge in [0, 0.05) is 0 Å². The summed E-state index contributed by atoms with van der Waals surface area (Å²) < 4.78 is 58.3. The molecule has 29 heavy (non-hydrogen) atoms. The fourth-order valence-electron chi connectivity index (χ4n) is 2.22. The van der Waals surface area contributed by atoms with Gasteiger partial charge in [-0.05, 0) is 24.0 Å². The fraction of sp³-hybridized carbons (Fsp3) is 0.316. The van der Waals surface area contributed by atoms with Crippen LogP contribution < -0.4 is 0 Å². The zero-order chi connectivity index (χ0) is 21.9. The lowest BCUT2D eigenvalue weighted by Crippen LogP contribution is -2.20. The molecule has 3 N–H and O–H groups in total. The molecule has 1 aliphatic carbocycles. The summed E-state index contributed by atoms with van der Waals surface area (Å²) in [6.45, 7) is 0. The second-order valence-electron chi connectivity index (χ2n) is 6.39. The Morgan fingerprint density at radius 1 is 0.759 bits per heavy atom. The van der Waals surface area contributed by atoms with Crippen LogP contribution in [0.3, 0.4) is 0 Å². The van der Waals surface area contributed by atoms with Crippen molar-refractivity contribution in [2.24, 2.45) is 5.92 Å². The molecule has 0 saturated heterocycles. The Hall–Kier alpha value is -2.27. The third kappa shape index (κ3) is 12.7. The van der Waals surface area contributed by atoms with Crippen molar-refractivity contribution in [2.45, 2.75) is 30.8 Å². The van der Waals surface area contributed by atoms with E-state index in [1.807, 2.05) is 0 Å². The van der Waals surface area contributed by atoms with E-state index >= 15 is 0 Å². The maximum atomic E-state index is 10.4. The SMILES string of the molecule is O=C(O)C1CCC1.O=S(=O)(O)Cc1ccccc1.O=S(=O)(O)Cc1ccccc1. The Morgan fingerprint density at radius 3 is 1.28 bits per heavy atom. The summed E-state index contributed by atoms with van der Waals surface area (Å²) >= 11 is 0. The van der Waals surface area contributed by atoms with E-state index in [0.717, 1.165) is 19.3 Å². The fourth-order valence-corrected chi connectivity index (χ4v) is 3.45. The molecule has 0 bridgehead atoms. The molecular formula is C19H24O8S2. The van der Waals surface area contributed by atoms with Crippen LogP contribution >= 0.6 is 0 Å². The van der Waals surface area contributed by atoms with Crippen LogP contribution in [-0.2, 0) is 36.5 Å². The van der Waals surface area contributed by atoms with E-state index in [9.17, 15) is 21.6 Å². The van der Waals surface area contributed by atoms with Crippen LogP contribution in [0.2, 0.25) is 0 Å². The second kappa shape index (κ2) is 11.7. The summed E-state index contributed by atoms with van der Waals surface area (Å²) in [5.74, 6) is -1.24. The molecule has 3 rings (SSSR count). The molecule has 0 aromatic heterocycles. The van der Waals surface area contributed by atoms with Crippen molar-refractivity contribution < 1.29 is 35.8 Å². The lowest BCUT2D eigenvalue weighted by molar-refractivity contribution is -0.144. The quantitative estimate of drug-likeness (QED) is 0.597. The van der Waals surface area contributed by atoms with Gasteiger partial charge in [-0.1, -0.05) is 67.1 Å². The molecule has 10 heteroatoms. The molecular weight excluding hydrogens is 420 g/mol. The summed E-state index contributed by atoms with van der Waals surface area (Å²) in [6.07, 6.45) is 2.90. The van der Waals surface area contributed by atoms with Crippen LogP contribution in [0.15, 0.2) is 60.7 Å². The number of aliphatic carboxylic acids is 1. The number of hydrogen-bond donors (Lipinski definition) is 3. The summed E-state index contributed by atoms with van der Waals surface area (Å²) in [4.78, 5) is 9.98. The van der Waals surface area contributed by atoms with E-state index in [1.54, 1.807) is 60.7 Å². The second-order valence-corrected chi connectivity index (χ2v) is 9.29. The van der Waals surface area contributed by atoms with E-state index in [-0.39, 0.29) is 17.4 Å². The molecule has 0 unspecified atom stereocenters. The number of carboxylic acids is 1. The van der Waals surface area contributed by atoms with Gasteiger partial charge >= 0.3 is 5.97 Å². The highest BCUT2D eigenvalue weighted by Gasteiger charge is 2.23. The van der Waals surface area contributed by atoms with Gasteiger partial charge in [0.05, 0.1) is 5.92 Å². The number of rotatable bonds is 5. The summed E-state index contributed by atoms with van der Waals surface area (Å²) in [5, 5.41) is 8.23. The van der Waals surface area contributed by atoms with Crippen molar-refractivity contribution >= 4 is 26.2 Å². The average molecular weight is 445 g/mol. The molecule has 1 saturated carbocycles. The summed E-state index contributed by atoms with van der Waals surface area (Å²) in [6, 6.07) is 17.0. The van der Waals surface area contributed by atoms with Crippen LogP contribution in [0.25, 0.3) is 0 Å². The van der Waals surface area contributed by atoms with Crippen LogP contribution in [0.5, 0.6) is 0 Å². The Kier molecular flexibility index (Phi) is 9.96. The Bertz CT molecular complexity index is 882. The van der Waals surface area contributed by atoms with Gasteiger partial charge in [-0.25, -0.2) is 0 Å². The van der Waals surface area contributed by atoms with Crippen molar-refractivity contribution in [3.8, 4) is 0 Å². The van der Waals surface area contributed by atoms with E-state index in [0.29, 0.717) is 11.1 Å². The molecule has 0 atom stereocenters. The highest BCUT2D eigenvalue weighted by atomic mass is 32.2. The first-order chi connectivity index (χ1) is 13.5. The van der Waals surface area contributed by atoms with Gasteiger partial charge in [-0.15, -0.1) is 0 Å². The standard InChI is InChI=1S/2C7H8O3S.C5H8O2/c2*8-11(9,10)6-7-4-2-1-3-5-7;6-5(7)4-2-1-3-4/h2*1-5H,6H2,(H,8,9,10);4H,1-3H2,(H,6,7). The molecule has 0 spiro atoms. The molecule has 8 nitrogen and oxygen atoms in total. The Balaban J connectivity index is 0.000000223. The van der Waals surface area contributed by atoms with E-state index in [2.05, 4.69) is 0 Å². The van der Waals surface area contributed by atoms with Crippen molar-refractivity contribution in [1.29, 1.82) is 0 Å². The minimum Gasteiger partial charge on any atom is -0.481 e. The van der Waals surface area contributed by atoms with Gasteiger partial charge in [-0.2, -0.15) is 16.8 Å². The minimum atomic E-state index is -3.88. The summed E-state index contributed by atoms with van der Waals surface area (Å²) in [7, 11) is -7.75. The van der Waals surface area contributed by atoms with Crippen molar-refractivity contribution in [3.05, 3.63) is 71.8 Å². The van der Waals surface area contributed by atoms with Crippen molar-refractivity contribution in [1.82, 2.24) is 0 Å². The molecule has 1 aliphatic rings. The smallest absolute Gasteiger partial charge is 0.306 e. The molecule has 160 valence electrons. The summed E-state index contributed by atoms with van der Waals surface area (Å²) in [5.41, 5.74) is 1.19. The zero-order valence-corrected chi connectivity index (χ0v) is 17.2. The first kappa shape index (κ1) is 24.8. The highest BCUT2D eigenvalue weighted by Crippen LogP contribution is 2.25. The lowest BCUT2D eigenvalue weighted by Gasteiger charge is -2.19. The molecule has 2 aromatic rings. The van der Waals surface area contributed by atoms with Gasteiger partial charge in [0.1, 0.15) is 11.5 Å². The van der Waals surface area contributed by atoms with Crippen LogP contribution in [0.1, 0.15) is 30.4 Å². The molecule has 0 radical (unpaired) electrons. The van der Waals surface area contributed by atoms with Crippen LogP contribution in [0.4, 0.5) is 0 Å². The first-order valence-electron chi connectivity index (χ1n) is 8.67. The number of benzene rings is 2. The van der Waals surface area contributed by atoms with Gasteiger partial charge in [0.15, 0.2) is 0 Å². The van der Waals surface area contributed by atoms with E-state index in [4.69, 9.17) is 14.2 Å². The van der Waals surface area contributed by atoms with Gasteiger partial charge in [0.25, 0.3) is 20.2 Å². The monoisotopic (exact) mass is 444 g/mol. The van der Waals surface area contributed by atoms with E-state index in [1.165, 1.54) is 0 Å². The lowest BCUT2D eigenvalue weighted by atomic mass is 9.86. The third-order valence-corrected chi connectivity index (χ3v) is 5.23. The molecule has 0 aliphatic heterocycles.